The van der Waals surface area contributed by atoms with E-state index in [0.29, 0.717) is 30.5 Å². The average molecular weight is 349 g/mol. The third kappa shape index (κ3) is 5.27. The van der Waals surface area contributed by atoms with Crippen molar-refractivity contribution >= 4 is 23.6 Å². The van der Waals surface area contributed by atoms with E-state index >= 15 is 0 Å². The number of nitrogens with two attached hydrogens (primary N) is 1. The van der Waals surface area contributed by atoms with Gasteiger partial charge in [0.1, 0.15) is 11.6 Å². The lowest BCUT2D eigenvalue weighted by Gasteiger charge is -2.08. The monoisotopic (exact) mass is 349 g/mol. The van der Waals surface area contributed by atoms with E-state index < -0.39 is 5.91 Å². The Kier molecular flexibility index (Phi) is 6.62. The predicted octanol–water partition coefficient (Wildman–Crippen LogP) is 0.732. The van der Waals surface area contributed by atoms with Gasteiger partial charge in [-0.05, 0) is 12.1 Å². The van der Waals surface area contributed by atoms with Crippen LogP contribution in [0.5, 0.6) is 0 Å². The summed E-state index contributed by atoms with van der Waals surface area (Å²) in [7, 11) is 0. The summed E-state index contributed by atoms with van der Waals surface area (Å²) < 4.78 is 7.18. The Labute approximate surface area is 143 Å². The summed E-state index contributed by atoms with van der Waals surface area (Å²) in [6, 6.07) is 3.63. The molecule has 8 nitrogen and oxygen atoms in total. The molecule has 0 atom stereocenters. The van der Waals surface area contributed by atoms with E-state index in [1.54, 1.807) is 18.4 Å². The fourth-order valence-corrected chi connectivity index (χ4v) is 2.72. The molecular weight excluding hydrogens is 330 g/mol. The SMILES string of the molecule is C=CCNC(=O)CSc1nnc(CCC(N)=O)n1Cc1ccco1. The Morgan fingerprint density at radius 2 is 2.29 bits per heavy atom. The first-order chi connectivity index (χ1) is 11.6. The van der Waals surface area contributed by atoms with Crippen LogP contribution >= 0.6 is 11.8 Å². The van der Waals surface area contributed by atoms with Crippen molar-refractivity contribution in [3.05, 3.63) is 42.6 Å². The quantitative estimate of drug-likeness (QED) is 0.482. The molecule has 3 N–H and O–H groups in total. The topological polar surface area (TPSA) is 116 Å². The maximum atomic E-state index is 11.7. The minimum absolute atomic E-state index is 0.119. The molecule has 0 saturated carbocycles. The van der Waals surface area contributed by atoms with Gasteiger partial charge in [-0.25, -0.2) is 0 Å². The van der Waals surface area contributed by atoms with E-state index in [9.17, 15) is 9.59 Å². The van der Waals surface area contributed by atoms with Crippen LogP contribution in [-0.4, -0.2) is 38.9 Å². The van der Waals surface area contributed by atoms with Gasteiger partial charge in [-0.2, -0.15) is 0 Å². The molecule has 2 heterocycles. The number of furan rings is 1. The predicted molar refractivity (Wildman–Crippen MR) is 89.3 cm³/mol. The minimum Gasteiger partial charge on any atom is -0.467 e. The van der Waals surface area contributed by atoms with E-state index in [1.165, 1.54) is 11.8 Å². The van der Waals surface area contributed by atoms with Crippen molar-refractivity contribution in [3.8, 4) is 0 Å². The van der Waals surface area contributed by atoms with Crippen LogP contribution in [-0.2, 0) is 22.6 Å². The highest BCUT2D eigenvalue weighted by atomic mass is 32.2. The molecule has 0 aromatic carbocycles. The molecule has 0 aliphatic carbocycles. The number of rotatable bonds is 10. The first-order valence-corrected chi connectivity index (χ1v) is 8.32. The molecule has 0 aliphatic rings. The number of aromatic nitrogens is 3. The standard InChI is InChI=1S/C15H19N5O3S/c1-2-7-17-14(22)10-24-15-19-18-13(6-5-12(16)21)20(15)9-11-4-3-8-23-11/h2-4,8H,1,5-7,9-10H2,(H2,16,21)(H,17,22). The maximum Gasteiger partial charge on any atom is 0.230 e. The summed E-state index contributed by atoms with van der Waals surface area (Å²) in [6.07, 6.45) is 3.76. The summed E-state index contributed by atoms with van der Waals surface area (Å²) >= 11 is 1.27. The lowest BCUT2D eigenvalue weighted by molar-refractivity contribution is -0.119. The van der Waals surface area contributed by atoms with Crippen molar-refractivity contribution in [1.29, 1.82) is 0 Å². The van der Waals surface area contributed by atoms with Crippen LogP contribution < -0.4 is 11.1 Å². The molecule has 0 spiro atoms. The average Bonchev–Trinajstić information content (AvgIpc) is 3.19. The summed E-state index contributed by atoms with van der Waals surface area (Å²) in [5.41, 5.74) is 5.20. The van der Waals surface area contributed by atoms with Gasteiger partial charge in [-0.1, -0.05) is 17.8 Å². The van der Waals surface area contributed by atoms with E-state index in [0.717, 1.165) is 5.76 Å². The number of thioether (sulfide) groups is 1. The van der Waals surface area contributed by atoms with Crippen LogP contribution in [0.25, 0.3) is 0 Å². The lowest BCUT2D eigenvalue weighted by atomic mass is 10.3. The number of aryl methyl sites for hydroxylation is 1. The summed E-state index contributed by atoms with van der Waals surface area (Å²) in [5, 5.41) is 11.5. The number of hydrogen-bond donors (Lipinski definition) is 2. The molecule has 0 saturated heterocycles. The molecular formula is C15H19N5O3S. The van der Waals surface area contributed by atoms with E-state index in [1.807, 2.05) is 10.6 Å². The minimum atomic E-state index is -0.402. The smallest absolute Gasteiger partial charge is 0.230 e. The molecule has 0 unspecified atom stereocenters. The Morgan fingerprint density at radius 3 is 2.96 bits per heavy atom. The molecule has 2 amide bonds. The second-order valence-corrected chi connectivity index (χ2v) is 5.85. The van der Waals surface area contributed by atoms with Gasteiger partial charge in [0, 0.05) is 19.4 Å². The van der Waals surface area contributed by atoms with Crippen molar-refractivity contribution in [2.45, 2.75) is 24.5 Å². The van der Waals surface area contributed by atoms with Gasteiger partial charge in [0.2, 0.25) is 11.8 Å². The first-order valence-electron chi connectivity index (χ1n) is 7.33. The number of nitrogens with zero attached hydrogens (tertiary/aromatic N) is 3. The number of carbonyl (C=O) groups is 2. The molecule has 0 fully saturated rings. The Bertz CT molecular complexity index is 696. The zero-order valence-corrected chi connectivity index (χ0v) is 13.9. The molecule has 0 bridgehead atoms. The second-order valence-electron chi connectivity index (χ2n) is 4.91. The second kappa shape index (κ2) is 8.92. The molecule has 0 radical (unpaired) electrons. The summed E-state index contributed by atoms with van der Waals surface area (Å²) in [5.74, 6) is 1.04. The fourth-order valence-electron chi connectivity index (χ4n) is 1.93. The Morgan fingerprint density at radius 1 is 1.46 bits per heavy atom. The van der Waals surface area contributed by atoms with Gasteiger partial charge in [0.05, 0.1) is 18.6 Å². The molecule has 128 valence electrons. The lowest BCUT2D eigenvalue weighted by Crippen LogP contribution is -2.25. The normalized spacial score (nSPS) is 10.5. The summed E-state index contributed by atoms with van der Waals surface area (Å²) in [4.78, 5) is 22.7. The van der Waals surface area contributed by atoms with Crippen molar-refractivity contribution in [2.24, 2.45) is 5.73 Å². The van der Waals surface area contributed by atoms with Crippen LogP contribution in [0.15, 0.2) is 40.6 Å². The largest absolute Gasteiger partial charge is 0.467 e. The molecule has 2 aromatic rings. The highest BCUT2D eigenvalue weighted by Gasteiger charge is 2.16. The number of hydrogen-bond acceptors (Lipinski definition) is 6. The zero-order valence-electron chi connectivity index (χ0n) is 13.1. The molecule has 0 aliphatic heterocycles. The zero-order chi connectivity index (χ0) is 17.4. The van der Waals surface area contributed by atoms with Gasteiger partial charge in [-0.15, -0.1) is 16.8 Å². The Balaban J connectivity index is 2.09. The highest BCUT2D eigenvalue weighted by molar-refractivity contribution is 7.99. The third-order valence-electron chi connectivity index (χ3n) is 3.06. The van der Waals surface area contributed by atoms with Crippen molar-refractivity contribution < 1.29 is 14.0 Å². The maximum absolute atomic E-state index is 11.7. The van der Waals surface area contributed by atoms with Crippen molar-refractivity contribution in [1.82, 2.24) is 20.1 Å². The van der Waals surface area contributed by atoms with Crippen LogP contribution in [0.4, 0.5) is 0 Å². The highest BCUT2D eigenvalue weighted by Crippen LogP contribution is 2.19. The van der Waals surface area contributed by atoms with E-state index in [2.05, 4.69) is 22.1 Å². The molecule has 2 aromatic heterocycles. The van der Waals surface area contributed by atoms with E-state index in [-0.39, 0.29) is 18.1 Å². The van der Waals surface area contributed by atoms with Gasteiger partial charge < -0.3 is 15.5 Å². The Hall–Kier alpha value is -2.55. The van der Waals surface area contributed by atoms with Crippen LogP contribution in [0.2, 0.25) is 0 Å². The van der Waals surface area contributed by atoms with Gasteiger partial charge in [0.25, 0.3) is 0 Å². The van der Waals surface area contributed by atoms with Crippen LogP contribution in [0.3, 0.4) is 0 Å². The van der Waals surface area contributed by atoms with Crippen molar-refractivity contribution in [3.63, 3.8) is 0 Å². The number of nitrogens with one attached hydrogen (secondary N) is 1. The number of primary amides is 1. The molecule has 2 rings (SSSR count). The van der Waals surface area contributed by atoms with Gasteiger partial charge in [-0.3, -0.25) is 14.2 Å². The fraction of sp³-hybridized carbons (Fsp3) is 0.333. The number of amides is 2. The van der Waals surface area contributed by atoms with Crippen LogP contribution in [0.1, 0.15) is 18.0 Å². The summed E-state index contributed by atoms with van der Waals surface area (Å²) in [6.45, 7) is 4.39. The molecule has 9 heteroatoms. The third-order valence-corrected chi connectivity index (χ3v) is 4.03. The molecule has 24 heavy (non-hydrogen) atoms. The first kappa shape index (κ1) is 17.8. The van der Waals surface area contributed by atoms with E-state index in [4.69, 9.17) is 10.2 Å². The van der Waals surface area contributed by atoms with Gasteiger partial charge >= 0.3 is 0 Å². The number of carbonyl (C=O) groups excluding carboxylic acids is 2. The van der Waals surface area contributed by atoms with Gasteiger partial charge in [0.15, 0.2) is 5.16 Å². The van der Waals surface area contributed by atoms with Crippen molar-refractivity contribution in [2.75, 3.05) is 12.3 Å². The van der Waals surface area contributed by atoms with Crippen LogP contribution in [0, 0.1) is 0 Å².